The van der Waals surface area contributed by atoms with E-state index < -0.39 is 11.7 Å². The number of nitrogens with one attached hydrogen (secondary N) is 1. The van der Waals surface area contributed by atoms with E-state index in [1.165, 1.54) is 12.1 Å². The van der Waals surface area contributed by atoms with Gasteiger partial charge in [0, 0.05) is 12.7 Å². The first-order valence-corrected chi connectivity index (χ1v) is 8.68. The van der Waals surface area contributed by atoms with Gasteiger partial charge in [0.1, 0.15) is 5.82 Å². The maximum atomic E-state index is 13.0. The number of hydrogen-bond donors (Lipinski definition) is 1. The molecule has 0 spiro atoms. The minimum absolute atomic E-state index is 0.266. The second-order valence-electron chi connectivity index (χ2n) is 6.66. The fraction of sp³-hybridized carbons (Fsp3) is 0.316. The third-order valence-corrected chi connectivity index (χ3v) is 4.31. The second kappa shape index (κ2) is 7.97. The van der Waals surface area contributed by atoms with Gasteiger partial charge < -0.3 is 10.2 Å². The van der Waals surface area contributed by atoms with Gasteiger partial charge in [-0.25, -0.2) is 4.68 Å². The third kappa shape index (κ3) is 4.66. The Morgan fingerprint density at radius 1 is 1.11 bits per heavy atom. The summed E-state index contributed by atoms with van der Waals surface area (Å²) in [6.45, 7) is 2.26. The van der Waals surface area contributed by atoms with Crippen molar-refractivity contribution in [2.24, 2.45) is 0 Å². The van der Waals surface area contributed by atoms with Crippen molar-refractivity contribution in [3.8, 4) is 5.82 Å². The van der Waals surface area contributed by atoms with Crippen LogP contribution in [0.15, 0.2) is 48.7 Å². The summed E-state index contributed by atoms with van der Waals surface area (Å²) in [5.74, 6) is 1.12. The summed E-state index contributed by atoms with van der Waals surface area (Å²) in [6, 6.07) is 10.5. The lowest BCUT2D eigenvalue weighted by atomic mass is 10.0. The highest BCUT2D eigenvalue weighted by Crippen LogP contribution is 2.31. The molecule has 9 heteroatoms. The van der Waals surface area contributed by atoms with E-state index in [9.17, 15) is 13.2 Å². The van der Waals surface area contributed by atoms with Gasteiger partial charge in [0.05, 0.1) is 17.3 Å². The molecule has 2 heterocycles. The molecule has 0 fully saturated rings. The summed E-state index contributed by atoms with van der Waals surface area (Å²) in [5, 5.41) is 15.7. The number of rotatable bonds is 6. The van der Waals surface area contributed by atoms with Crippen LogP contribution in [0.1, 0.15) is 22.9 Å². The molecular formula is C19H21F3N6. The maximum absolute atomic E-state index is 13.0. The molecule has 1 unspecified atom stereocenters. The molecule has 0 aliphatic rings. The van der Waals surface area contributed by atoms with E-state index >= 15 is 0 Å². The lowest BCUT2D eigenvalue weighted by Crippen LogP contribution is -2.27. The SMILES string of the molecule is Cc1ccn(-c2ccc(NCC(c3cccc(C(F)(F)F)c3)N(C)C)nn2)n1. The zero-order valence-electron chi connectivity index (χ0n) is 15.8. The Morgan fingerprint density at radius 2 is 1.89 bits per heavy atom. The lowest BCUT2D eigenvalue weighted by Gasteiger charge is -2.26. The number of hydrogen-bond acceptors (Lipinski definition) is 5. The number of alkyl halides is 3. The van der Waals surface area contributed by atoms with Crippen LogP contribution in [0.2, 0.25) is 0 Å². The Hall–Kier alpha value is -2.94. The molecule has 1 aromatic carbocycles. The summed E-state index contributed by atoms with van der Waals surface area (Å²) >= 11 is 0. The van der Waals surface area contributed by atoms with Crippen LogP contribution in [0.25, 0.3) is 5.82 Å². The predicted octanol–water partition coefficient (Wildman–Crippen LogP) is 3.70. The first-order chi connectivity index (χ1) is 13.2. The molecule has 0 aliphatic heterocycles. The van der Waals surface area contributed by atoms with Crippen molar-refractivity contribution in [3.63, 3.8) is 0 Å². The minimum atomic E-state index is -4.37. The Morgan fingerprint density at radius 3 is 2.46 bits per heavy atom. The Labute approximate surface area is 161 Å². The molecule has 3 aromatic rings. The van der Waals surface area contributed by atoms with E-state index in [2.05, 4.69) is 20.6 Å². The van der Waals surface area contributed by atoms with Crippen LogP contribution in [0.4, 0.5) is 19.0 Å². The fourth-order valence-corrected chi connectivity index (χ4v) is 2.81. The summed E-state index contributed by atoms with van der Waals surface area (Å²) in [5.41, 5.74) is 0.790. The van der Waals surface area contributed by atoms with Gasteiger partial charge in [0.15, 0.2) is 5.82 Å². The minimum Gasteiger partial charge on any atom is -0.367 e. The maximum Gasteiger partial charge on any atom is 0.416 e. The van der Waals surface area contributed by atoms with E-state index in [1.807, 2.05) is 32.0 Å². The molecule has 0 saturated carbocycles. The van der Waals surface area contributed by atoms with Crippen LogP contribution in [-0.4, -0.2) is 45.5 Å². The van der Waals surface area contributed by atoms with Gasteiger partial charge >= 0.3 is 6.18 Å². The predicted molar refractivity (Wildman–Crippen MR) is 100 cm³/mol. The van der Waals surface area contributed by atoms with Gasteiger partial charge in [-0.1, -0.05) is 12.1 Å². The number of aromatic nitrogens is 4. The first kappa shape index (κ1) is 19.8. The van der Waals surface area contributed by atoms with Crippen molar-refractivity contribution in [2.45, 2.75) is 19.1 Å². The average Bonchev–Trinajstić information content (AvgIpc) is 3.08. The summed E-state index contributed by atoms with van der Waals surface area (Å²) in [6.07, 6.45) is -2.57. The Balaban J connectivity index is 1.72. The van der Waals surface area contributed by atoms with Crippen molar-refractivity contribution in [1.29, 1.82) is 0 Å². The molecule has 0 aliphatic carbocycles. The molecule has 3 rings (SSSR count). The van der Waals surface area contributed by atoms with Gasteiger partial charge in [0.25, 0.3) is 0 Å². The van der Waals surface area contributed by atoms with Crippen molar-refractivity contribution < 1.29 is 13.2 Å². The number of aryl methyl sites for hydroxylation is 1. The number of anilines is 1. The highest BCUT2D eigenvalue weighted by Gasteiger charge is 2.31. The molecule has 6 nitrogen and oxygen atoms in total. The molecular weight excluding hydrogens is 369 g/mol. The van der Waals surface area contributed by atoms with Crippen LogP contribution in [-0.2, 0) is 6.18 Å². The highest BCUT2D eigenvalue weighted by atomic mass is 19.4. The van der Waals surface area contributed by atoms with Crippen molar-refractivity contribution in [3.05, 3.63) is 65.5 Å². The molecule has 28 heavy (non-hydrogen) atoms. The third-order valence-electron chi connectivity index (χ3n) is 4.31. The highest BCUT2D eigenvalue weighted by molar-refractivity contribution is 5.37. The van der Waals surface area contributed by atoms with Crippen LogP contribution >= 0.6 is 0 Å². The zero-order valence-corrected chi connectivity index (χ0v) is 15.8. The normalized spacial score (nSPS) is 13.0. The second-order valence-corrected chi connectivity index (χ2v) is 6.66. The van der Waals surface area contributed by atoms with Crippen molar-refractivity contribution in [2.75, 3.05) is 26.0 Å². The van der Waals surface area contributed by atoms with Gasteiger partial charge in [-0.3, -0.25) is 0 Å². The van der Waals surface area contributed by atoms with E-state index in [1.54, 1.807) is 29.1 Å². The first-order valence-electron chi connectivity index (χ1n) is 8.68. The smallest absolute Gasteiger partial charge is 0.367 e. The van der Waals surface area contributed by atoms with Gasteiger partial charge in [0.2, 0.25) is 0 Å². The summed E-state index contributed by atoms with van der Waals surface area (Å²) in [7, 11) is 3.64. The molecule has 148 valence electrons. The molecule has 0 radical (unpaired) electrons. The quantitative estimate of drug-likeness (QED) is 0.695. The summed E-state index contributed by atoms with van der Waals surface area (Å²) < 4.78 is 40.6. The van der Waals surface area contributed by atoms with E-state index in [4.69, 9.17) is 0 Å². The van der Waals surface area contributed by atoms with Gasteiger partial charge in [-0.15, -0.1) is 10.2 Å². The largest absolute Gasteiger partial charge is 0.416 e. The fourth-order valence-electron chi connectivity index (χ4n) is 2.81. The summed E-state index contributed by atoms with van der Waals surface area (Å²) in [4.78, 5) is 1.86. The molecule has 2 aromatic heterocycles. The van der Waals surface area contributed by atoms with E-state index in [0.717, 1.165) is 11.8 Å². The van der Waals surface area contributed by atoms with E-state index in [0.29, 0.717) is 23.7 Å². The molecule has 1 N–H and O–H groups in total. The Bertz CT molecular complexity index is 918. The van der Waals surface area contributed by atoms with Crippen LogP contribution in [0, 0.1) is 6.92 Å². The topological polar surface area (TPSA) is 58.9 Å². The van der Waals surface area contributed by atoms with E-state index in [-0.39, 0.29) is 6.04 Å². The van der Waals surface area contributed by atoms with Crippen LogP contribution in [0.5, 0.6) is 0 Å². The monoisotopic (exact) mass is 390 g/mol. The van der Waals surface area contributed by atoms with Crippen molar-refractivity contribution in [1.82, 2.24) is 24.9 Å². The van der Waals surface area contributed by atoms with Crippen molar-refractivity contribution >= 4 is 5.82 Å². The number of nitrogens with zero attached hydrogens (tertiary/aromatic N) is 5. The molecule has 0 amide bonds. The molecule has 0 bridgehead atoms. The molecule has 1 atom stereocenters. The lowest BCUT2D eigenvalue weighted by molar-refractivity contribution is -0.137. The standard InChI is InChI=1S/C19H21F3N6/c1-13-9-10-28(26-13)18-8-7-17(24-25-18)23-12-16(27(2)3)14-5-4-6-15(11-14)19(20,21)22/h4-11,16H,12H2,1-3H3,(H,23,24). The van der Waals surface area contributed by atoms with Gasteiger partial charge in [-0.05, 0) is 56.9 Å². The molecule has 0 saturated heterocycles. The van der Waals surface area contributed by atoms with Gasteiger partial charge in [-0.2, -0.15) is 18.3 Å². The van der Waals surface area contributed by atoms with Crippen LogP contribution < -0.4 is 5.32 Å². The number of benzene rings is 1. The van der Waals surface area contributed by atoms with Crippen LogP contribution in [0.3, 0.4) is 0 Å². The number of likely N-dealkylation sites (N-methyl/N-ethyl adjacent to an activating group) is 1. The number of halogens is 3. The average molecular weight is 390 g/mol. The zero-order chi connectivity index (χ0) is 20.3. The Kier molecular flexibility index (Phi) is 5.64.